The molecule has 134 valence electrons. The Balaban J connectivity index is 0.00000264. The summed E-state index contributed by atoms with van der Waals surface area (Å²) in [6.45, 7) is -1.66. The minimum atomic E-state index is -3.14. The smallest absolute Gasteiger partial charge is 0.277 e. The summed E-state index contributed by atoms with van der Waals surface area (Å²) in [5.41, 5.74) is 5.81. The minimum absolute atomic E-state index is 0. The maximum atomic E-state index is 13.0. The number of benzene rings is 1. The van der Waals surface area contributed by atoms with Crippen molar-refractivity contribution in [3.05, 3.63) is 51.7 Å². The molecule has 10 heteroatoms. The van der Waals surface area contributed by atoms with E-state index in [0.29, 0.717) is 11.4 Å². The summed E-state index contributed by atoms with van der Waals surface area (Å²) in [6.07, 6.45) is 0.442. The van der Waals surface area contributed by atoms with Crippen molar-refractivity contribution in [3.8, 4) is 0 Å². The minimum Gasteiger partial charge on any atom is -0.345 e. The van der Waals surface area contributed by atoms with Gasteiger partial charge in [0, 0.05) is 11.8 Å². The molecule has 0 saturated heterocycles. The lowest BCUT2D eigenvalue weighted by Crippen LogP contribution is -2.41. The van der Waals surface area contributed by atoms with Crippen LogP contribution >= 0.6 is 36.2 Å². The highest BCUT2D eigenvalue weighted by atomic mass is 35.5. The lowest BCUT2D eigenvalue weighted by molar-refractivity contribution is 0.0118. The summed E-state index contributed by atoms with van der Waals surface area (Å²) < 4.78 is 38.7. The summed E-state index contributed by atoms with van der Waals surface area (Å²) in [4.78, 5) is 15.8. The van der Waals surface area contributed by atoms with Crippen molar-refractivity contribution in [1.29, 1.82) is 0 Å². The zero-order chi connectivity index (χ0) is 16.2. The number of amides is 1. The Hall–Kier alpha value is -1.35. The van der Waals surface area contributed by atoms with Crippen LogP contribution in [0.5, 0.6) is 0 Å². The fourth-order valence-corrected chi connectivity index (χ4v) is 2.45. The van der Waals surface area contributed by atoms with Gasteiger partial charge in [0.2, 0.25) is 0 Å². The molecule has 2 rings (SSSR count). The third-order valence-electron chi connectivity index (χ3n) is 2.86. The van der Waals surface area contributed by atoms with Gasteiger partial charge >= 0.3 is 0 Å². The topological polar surface area (TPSA) is 68.0 Å². The largest absolute Gasteiger partial charge is 0.345 e. The molecule has 1 aromatic carbocycles. The molecule has 1 heterocycles. The zero-order valence-electron chi connectivity index (χ0n) is 12.3. The third kappa shape index (κ3) is 6.64. The van der Waals surface area contributed by atoms with E-state index in [0.717, 1.165) is 5.56 Å². The van der Waals surface area contributed by atoms with E-state index in [2.05, 4.69) is 10.3 Å². The van der Waals surface area contributed by atoms with Gasteiger partial charge in [-0.05, 0) is 17.7 Å². The summed E-state index contributed by atoms with van der Waals surface area (Å²) in [7, 11) is 0. The first-order chi connectivity index (χ1) is 10.4. The van der Waals surface area contributed by atoms with Crippen LogP contribution in [0.4, 0.5) is 13.2 Å². The van der Waals surface area contributed by atoms with E-state index in [-0.39, 0.29) is 36.3 Å². The van der Waals surface area contributed by atoms with E-state index in [4.69, 9.17) is 5.73 Å². The second-order valence-electron chi connectivity index (χ2n) is 4.67. The number of hydrogen-bond acceptors (Lipinski definition) is 4. The number of hydrogen-bond donors (Lipinski definition) is 2. The number of carbonyl (C=O) groups is 1. The molecule has 3 N–H and O–H groups in total. The first-order valence-electron chi connectivity index (χ1n) is 6.44. The van der Waals surface area contributed by atoms with Crippen LogP contribution in [-0.4, -0.2) is 29.9 Å². The van der Waals surface area contributed by atoms with Crippen LogP contribution in [0.25, 0.3) is 0 Å². The quantitative estimate of drug-likeness (QED) is 0.781. The highest BCUT2D eigenvalue weighted by Gasteiger charge is 2.27. The van der Waals surface area contributed by atoms with Gasteiger partial charge in [-0.25, -0.2) is 18.2 Å². The van der Waals surface area contributed by atoms with Crippen molar-refractivity contribution >= 4 is 42.1 Å². The van der Waals surface area contributed by atoms with Gasteiger partial charge in [-0.2, -0.15) is 0 Å². The van der Waals surface area contributed by atoms with Crippen LogP contribution in [0.2, 0.25) is 0 Å². The molecule has 0 bridgehead atoms. The van der Waals surface area contributed by atoms with E-state index in [1.54, 1.807) is 12.1 Å². The zero-order valence-corrected chi connectivity index (χ0v) is 14.7. The van der Waals surface area contributed by atoms with Crippen molar-refractivity contribution in [3.63, 3.8) is 0 Å². The van der Waals surface area contributed by atoms with Crippen molar-refractivity contribution in [2.24, 2.45) is 5.73 Å². The Kier molecular flexibility index (Phi) is 9.27. The van der Waals surface area contributed by atoms with Gasteiger partial charge in [0.05, 0.1) is 18.1 Å². The Labute approximate surface area is 153 Å². The summed E-state index contributed by atoms with van der Waals surface area (Å²) in [5, 5.41) is 4.24. The predicted octanol–water partition coefficient (Wildman–Crippen LogP) is 3.04. The van der Waals surface area contributed by atoms with Gasteiger partial charge in [0.1, 0.15) is 11.5 Å². The SMILES string of the molecule is Cl.Cl.NCC(F)(F)CNC(=O)c1csc(Cc2ccc(F)cc2)n1. The van der Waals surface area contributed by atoms with Crippen LogP contribution in [0.3, 0.4) is 0 Å². The monoisotopic (exact) mass is 401 g/mol. The van der Waals surface area contributed by atoms with Crippen LogP contribution in [0, 0.1) is 5.82 Å². The Morgan fingerprint density at radius 2 is 1.88 bits per heavy atom. The van der Waals surface area contributed by atoms with Crippen molar-refractivity contribution in [2.45, 2.75) is 12.3 Å². The van der Waals surface area contributed by atoms with Crippen LogP contribution < -0.4 is 11.1 Å². The molecule has 0 aliphatic carbocycles. The molecule has 2 aromatic rings. The number of thiazole rings is 1. The number of alkyl halides is 2. The summed E-state index contributed by atoms with van der Waals surface area (Å²) in [6, 6.07) is 5.92. The van der Waals surface area contributed by atoms with Crippen molar-refractivity contribution in [1.82, 2.24) is 10.3 Å². The van der Waals surface area contributed by atoms with E-state index in [9.17, 15) is 18.0 Å². The van der Waals surface area contributed by atoms with E-state index < -0.39 is 24.9 Å². The fourth-order valence-electron chi connectivity index (χ4n) is 1.65. The third-order valence-corrected chi connectivity index (χ3v) is 3.71. The maximum Gasteiger partial charge on any atom is 0.277 e. The Morgan fingerprint density at radius 1 is 1.25 bits per heavy atom. The number of rotatable bonds is 6. The average Bonchev–Trinajstić information content (AvgIpc) is 2.96. The maximum absolute atomic E-state index is 13.0. The standard InChI is InChI=1S/C14H14F3N3OS.2ClH/c15-10-3-1-9(2-4-10)5-12-20-11(6-22-12)13(21)19-8-14(16,17)7-18;;/h1-4,6H,5,7-8,18H2,(H,19,21);2*1H. The van der Waals surface area contributed by atoms with Gasteiger partial charge in [-0.1, -0.05) is 12.1 Å². The van der Waals surface area contributed by atoms with E-state index in [1.807, 2.05) is 0 Å². The highest BCUT2D eigenvalue weighted by Crippen LogP contribution is 2.16. The Morgan fingerprint density at radius 3 is 2.46 bits per heavy atom. The van der Waals surface area contributed by atoms with Crippen molar-refractivity contribution < 1.29 is 18.0 Å². The molecule has 0 unspecified atom stereocenters. The Bertz CT molecular complexity index is 653. The van der Waals surface area contributed by atoms with Gasteiger partial charge < -0.3 is 11.1 Å². The average molecular weight is 402 g/mol. The number of carbonyl (C=O) groups excluding carboxylic acids is 1. The molecule has 1 amide bonds. The number of nitrogens with two attached hydrogens (primary N) is 1. The highest BCUT2D eigenvalue weighted by molar-refractivity contribution is 7.09. The lowest BCUT2D eigenvalue weighted by atomic mass is 10.1. The van der Waals surface area contributed by atoms with E-state index in [1.165, 1.54) is 28.8 Å². The van der Waals surface area contributed by atoms with Gasteiger partial charge in [0.25, 0.3) is 11.8 Å². The van der Waals surface area contributed by atoms with Crippen LogP contribution in [0.15, 0.2) is 29.6 Å². The first-order valence-corrected chi connectivity index (χ1v) is 7.32. The fraction of sp³-hybridized carbons (Fsp3) is 0.286. The molecular formula is C14H16Cl2F3N3OS. The van der Waals surface area contributed by atoms with Gasteiger partial charge in [-0.3, -0.25) is 4.79 Å². The molecule has 1 aromatic heterocycles. The van der Waals surface area contributed by atoms with E-state index >= 15 is 0 Å². The molecule has 0 saturated carbocycles. The van der Waals surface area contributed by atoms with Crippen LogP contribution in [-0.2, 0) is 6.42 Å². The molecule has 0 atom stereocenters. The summed E-state index contributed by atoms with van der Waals surface area (Å²) >= 11 is 1.24. The predicted molar refractivity (Wildman–Crippen MR) is 92.2 cm³/mol. The molecule has 0 fully saturated rings. The molecule has 0 aliphatic heterocycles. The molecule has 24 heavy (non-hydrogen) atoms. The number of nitrogens with zero attached hydrogens (tertiary/aromatic N) is 1. The number of nitrogens with one attached hydrogen (secondary N) is 1. The molecule has 0 spiro atoms. The summed E-state index contributed by atoms with van der Waals surface area (Å²) in [5.74, 6) is -4.14. The molecule has 0 aliphatic rings. The molecule has 0 radical (unpaired) electrons. The van der Waals surface area contributed by atoms with Gasteiger partial charge in [-0.15, -0.1) is 36.2 Å². The van der Waals surface area contributed by atoms with Gasteiger partial charge in [0.15, 0.2) is 0 Å². The second-order valence-corrected chi connectivity index (χ2v) is 5.62. The lowest BCUT2D eigenvalue weighted by Gasteiger charge is -2.13. The molecular weight excluding hydrogens is 386 g/mol. The normalized spacial score (nSPS) is 10.5. The number of aromatic nitrogens is 1. The number of halogens is 5. The second kappa shape index (κ2) is 9.83. The van der Waals surface area contributed by atoms with Crippen molar-refractivity contribution in [2.75, 3.05) is 13.1 Å². The van der Waals surface area contributed by atoms with Crippen LogP contribution in [0.1, 0.15) is 21.1 Å². The first kappa shape index (κ1) is 22.6. The molecule has 4 nitrogen and oxygen atoms in total.